The molecule has 1 aliphatic heterocycles. The van der Waals surface area contributed by atoms with Gasteiger partial charge in [0.05, 0.1) is 22.1 Å². The van der Waals surface area contributed by atoms with Crippen LogP contribution in [0.15, 0.2) is 48.5 Å². The Bertz CT molecular complexity index is 934. The molecule has 0 N–H and O–H groups in total. The molecule has 2 amide bonds. The average molecular weight is 382 g/mol. The van der Waals surface area contributed by atoms with Gasteiger partial charge in [0, 0.05) is 6.07 Å². The predicted octanol–water partition coefficient (Wildman–Crippen LogP) is 3.21. The number of imide groups is 1. The van der Waals surface area contributed by atoms with Crippen molar-refractivity contribution in [2.75, 3.05) is 0 Å². The van der Waals surface area contributed by atoms with Gasteiger partial charge < -0.3 is 4.74 Å². The summed E-state index contributed by atoms with van der Waals surface area (Å²) in [7, 11) is 0. The van der Waals surface area contributed by atoms with Crippen LogP contribution in [0, 0.1) is 16.0 Å². The van der Waals surface area contributed by atoms with Crippen molar-refractivity contribution >= 4 is 23.5 Å². The van der Waals surface area contributed by atoms with E-state index < -0.39 is 28.7 Å². The summed E-state index contributed by atoms with van der Waals surface area (Å²) in [5, 5.41) is 10.9. The maximum absolute atomic E-state index is 12.8. The summed E-state index contributed by atoms with van der Waals surface area (Å²) in [6.45, 7) is 3.71. The second-order valence-corrected chi connectivity index (χ2v) is 6.85. The first kappa shape index (κ1) is 19.2. The van der Waals surface area contributed by atoms with Gasteiger partial charge in [-0.05, 0) is 30.5 Å². The number of amides is 2. The molecule has 1 heterocycles. The molecule has 0 aliphatic carbocycles. The van der Waals surface area contributed by atoms with E-state index in [0.717, 1.165) is 11.0 Å². The van der Waals surface area contributed by atoms with Crippen molar-refractivity contribution in [1.29, 1.82) is 0 Å². The highest BCUT2D eigenvalue weighted by Gasteiger charge is 2.43. The number of hydrogen-bond donors (Lipinski definition) is 0. The lowest BCUT2D eigenvalue weighted by molar-refractivity contribution is -0.384. The Balaban J connectivity index is 1.90. The molecule has 0 saturated carbocycles. The first-order valence-electron chi connectivity index (χ1n) is 8.72. The van der Waals surface area contributed by atoms with E-state index in [2.05, 4.69) is 0 Å². The number of non-ortho nitro benzene ring substituents is 1. The van der Waals surface area contributed by atoms with Crippen molar-refractivity contribution in [3.63, 3.8) is 0 Å². The number of rotatable bonds is 6. The zero-order chi connectivity index (χ0) is 20.4. The molecule has 0 fully saturated rings. The fourth-order valence-corrected chi connectivity index (χ4v) is 3.09. The molecule has 0 radical (unpaired) electrons. The first-order chi connectivity index (χ1) is 13.3. The van der Waals surface area contributed by atoms with Gasteiger partial charge in [0.15, 0.2) is 0 Å². The molecule has 1 atom stereocenters. The van der Waals surface area contributed by atoms with Crippen LogP contribution >= 0.6 is 0 Å². The number of nitro benzene ring substituents is 1. The summed E-state index contributed by atoms with van der Waals surface area (Å²) < 4.78 is 5.29. The Hall–Kier alpha value is -3.55. The van der Waals surface area contributed by atoms with Gasteiger partial charge in [-0.3, -0.25) is 24.6 Å². The molecule has 0 saturated heterocycles. The van der Waals surface area contributed by atoms with Crippen molar-refractivity contribution in [1.82, 2.24) is 4.90 Å². The van der Waals surface area contributed by atoms with E-state index in [1.54, 1.807) is 12.1 Å². The number of fused-ring (bicyclic) bond motifs is 1. The minimum absolute atomic E-state index is 0.00743. The van der Waals surface area contributed by atoms with E-state index >= 15 is 0 Å². The van der Waals surface area contributed by atoms with Gasteiger partial charge in [0.1, 0.15) is 11.8 Å². The van der Waals surface area contributed by atoms with Crippen LogP contribution in [0.2, 0.25) is 0 Å². The molecular weight excluding hydrogens is 364 g/mol. The summed E-state index contributed by atoms with van der Waals surface area (Å²) in [6.07, 6.45) is 0.208. The van der Waals surface area contributed by atoms with Crippen molar-refractivity contribution < 1.29 is 24.0 Å². The summed E-state index contributed by atoms with van der Waals surface area (Å²) in [5.41, 5.74) is 0.250. The third kappa shape index (κ3) is 3.62. The molecule has 8 nitrogen and oxygen atoms in total. The highest BCUT2D eigenvalue weighted by molar-refractivity contribution is 6.22. The van der Waals surface area contributed by atoms with Crippen LogP contribution in [-0.2, 0) is 4.79 Å². The number of carbonyl (C=O) groups is 3. The maximum Gasteiger partial charge on any atom is 0.334 e. The number of benzene rings is 2. The lowest BCUT2D eigenvalue weighted by atomic mass is 10.0. The van der Waals surface area contributed by atoms with Crippen LogP contribution in [0.1, 0.15) is 41.0 Å². The minimum Gasteiger partial charge on any atom is -0.425 e. The number of ether oxygens (including phenoxy) is 1. The molecule has 2 aromatic rings. The second-order valence-electron chi connectivity index (χ2n) is 6.85. The van der Waals surface area contributed by atoms with Gasteiger partial charge in [-0.2, -0.15) is 0 Å². The van der Waals surface area contributed by atoms with E-state index in [0.29, 0.717) is 0 Å². The Kier molecular flexibility index (Phi) is 5.21. The molecule has 2 aromatic carbocycles. The standard InChI is InChI=1S/C20H18N2O6/c1-12(2)10-17(20(25)28-14-7-5-6-13(11-14)22(26)27)21-18(23)15-8-3-4-9-16(15)19(21)24/h3-9,11-12,17H,10H2,1-2H3/t17-/m1/s1. The van der Waals surface area contributed by atoms with Gasteiger partial charge in [-0.25, -0.2) is 4.79 Å². The van der Waals surface area contributed by atoms with E-state index in [1.165, 1.54) is 30.3 Å². The molecule has 0 bridgehead atoms. The van der Waals surface area contributed by atoms with Gasteiger partial charge >= 0.3 is 5.97 Å². The normalized spacial score (nSPS) is 14.2. The monoisotopic (exact) mass is 382 g/mol. The van der Waals surface area contributed by atoms with Crippen LogP contribution in [0.3, 0.4) is 0 Å². The lowest BCUT2D eigenvalue weighted by Crippen LogP contribution is -2.47. The molecular formula is C20H18N2O6. The van der Waals surface area contributed by atoms with E-state index in [1.807, 2.05) is 13.8 Å². The van der Waals surface area contributed by atoms with Gasteiger partial charge in [-0.1, -0.05) is 32.0 Å². The lowest BCUT2D eigenvalue weighted by Gasteiger charge is -2.25. The Morgan fingerprint density at radius 2 is 1.68 bits per heavy atom. The Morgan fingerprint density at radius 3 is 2.21 bits per heavy atom. The predicted molar refractivity (Wildman–Crippen MR) is 98.9 cm³/mol. The largest absolute Gasteiger partial charge is 0.425 e. The Morgan fingerprint density at radius 1 is 1.07 bits per heavy atom. The number of esters is 1. The van der Waals surface area contributed by atoms with Gasteiger partial charge in [0.2, 0.25) is 0 Å². The highest BCUT2D eigenvalue weighted by Crippen LogP contribution is 2.28. The minimum atomic E-state index is -1.13. The second kappa shape index (κ2) is 7.59. The van der Waals surface area contributed by atoms with Crippen molar-refractivity contribution in [3.8, 4) is 5.75 Å². The van der Waals surface area contributed by atoms with Gasteiger partial charge in [-0.15, -0.1) is 0 Å². The van der Waals surface area contributed by atoms with Crippen LogP contribution < -0.4 is 4.74 Å². The summed E-state index contributed by atoms with van der Waals surface area (Å²) in [5.74, 6) is -1.95. The van der Waals surface area contributed by atoms with E-state index in [-0.39, 0.29) is 34.9 Å². The van der Waals surface area contributed by atoms with E-state index in [4.69, 9.17) is 4.74 Å². The van der Waals surface area contributed by atoms with Crippen LogP contribution in [0.25, 0.3) is 0 Å². The quantitative estimate of drug-likeness (QED) is 0.250. The molecule has 1 aliphatic rings. The zero-order valence-corrected chi connectivity index (χ0v) is 15.3. The van der Waals surface area contributed by atoms with Crippen molar-refractivity contribution in [2.24, 2.45) is 5.92 Å². The molecule has 0 aromatic heterocycles. The van der Waals surface area contributed by atoms with Crippen LogP contribution in [0.5, 0.6) is 5.75 Å². The highest BCUT2D eigenvalue weighted by atomic mass is 16.6. The first-order valence-corrected chi connectivity index (χ1v) is 8.72. The molecule has 8 heteroatoms. The van der Waals surface area contributed by atoms with Crippen LogP contribution in [0.4, 0.5) is 5.69 Å². The van der Waals surface area contributed by atoms with Crippen molar-refractivity contribution in [3.05, 3.63) is 69.8 Å². The smallest absolute Gasteiger partial charge is 0.334 e. The number of nitro groups is 1. The average Bonchev–Trinajstić information content (AvgIpc) is 2.91. The van der Waals surface area contributed by atoms with Crippen LogP contribution in [-0.4, -0.2) is 33.6 Å². The summed E-state index contributed by atoms with van der Waals surface area (Å²) in [4.78, 5) is 49.5. The molecule has 28 heavy (non-hydrogen) atoms. The number of hydrogen-bond acceptors (Lipinski definition) is 6. The Labute approximate surface area is 160 Å². The maximum atomic E-state index is 12.8. The third-order valence-corrected chi connectivity index (χ3v) is 4.35. The zero-order valence-electron chi connectivity index (χ0n) is 15.3. The fourth-order valence-electron chi connectivity index (χ4n) is 3.09. The summed E-state index contributed by atoms with van der Waals surface area (Å²) >= 11 is 0. The molecule has 144 valence electrons. The summed E-state index contributed by atoms with van der Waals surface area (Å²) in [6, 6.07) is 10.4. The topological polar surface area (TPSA) is 107 Å². The van der Waals surface area contributed by atoms with Gasteiger partial charge in [0.25, 0.3) is 17.5 Å². The van der Waals surface area contributed by atoms with E-state index in [9.17, 15) is 24.5 Å². The fraction of sp³-hybridized carbons (Fsp3) is 0.250. The molecule has 3 rings (SSSR count). The molecule has 0 unspecified atom stereocenters. The van der Waals surface area contributed by atoms with Crippen molar-refractivity contribution in [2.45, 2.75) is 26.3 Å². The third-order valence-electron chi connectivity index (χ3n) is 4.35. The molecule has 0 spiro atoms. The SMILES string of the molecule is CC(C)C[C@H](C(=O)Oc1cccc([N+](=O)[O-])c1)N1C(=O)c2ccccc2C1=O. The number of carbonyl (C=O) groups excluding carboxylic acids is 3. The number of nitrogens with zero attached hydrogens (tertiary/aromatic N) is 2.